The van der Waals surface area contributed by atoms with E-state index in [0.717, 1.165) is 0 Å². The van der Waals surface area contributed by atoms with E-state index in [-0.39, 0.29) is 24.0 Å². The van der Waals surface area contributed by atoms with Crippen LogP contribution in [0.4, 0.5) is 5.69 Å². The molecule has 0 bridgehead atoms. The Hall–Kier alpha value is -2.91. The third-order valence-corrected chi connectivity index (χ3v) is 5.30. The van der Waals surface area contributed by atoms with Gasteiger partial charge in [0, 0.05) is 12.2 Å². The van der Waals surface area contributed by atoms with Crippen molar-refractivity contribution in [2.75, 3.05) is 25.1 Å². The number of esters is 1. The quantitative estimate of drug-likeness (QED) is 0.557. The first-order valence-electron chi connectivity index (χ1n) is 9.51. The van der Waals surface area contributed by atoms with Crippen molar-refractivity contribution in [1.82, 2.24) is 4.72 Å². The molecule has 0 unspecified atom stereocenters. The number of sulfonamides is 1. The maximum absolute atomic E-state index is 12.2. The van der Waals surface area contributed by atoms with Crippen LogP contribution in [0.5, 0.6) is 5.75 Å². The lowest BCUT2D eigenvalue weighted by molar-refractivity contribution is -0.118. The molecule has 2 N–H and O–H groups in total. The average Bonchev–Trinajstić information content (AvgIpc) is 2.72. The molecule has 1 amide bonds. The average molecular weight is 435 g/mol. The smallest absolute Gasteiger partial charge is 0.338 e. The number of nitrogens with one attached hydrogen (secondary N) is 2. The van der Waals surface area contributed by atoms with Crippen LogP contribution in [0.1, 0.15) is 31.1 Å². The minimum absolute atomic E-state index is 0.127. The van der Waals surface area contributed by atoms with Gasteiger partial charge in [-0.1, -0.05) is 13.8 Å². The van der Waals surface area contributed by atoms with Crippen LogP contribution in [0.15, 0.2) is 53.4 Å². The zero-order valence-electron chi connectivity index (χ0n) is 17.2. The molecule has 162 valence electrons. The highest BCUT2D eigenvalue weighted by Gasteiger charge is 2.14. The number of carbonyl (C=O) groups is 2. The largest absolute Gasteiger partial charge is 0.484 e. The van der Waals surface area contributed by atoms with Crippen molar-refractivity contribution in [3.63, 3.8) is 0 Å². The van der Waals surface area contributed by atoms with Crippen molar-refractivity contribution in [3.05, 3.63) is 54.1 Å². The molecule has 30 heavy (non-hydrogen) atoms. The summed E-state index contributed by atoms with van der Waals surface area (Å²) < 4.78 is 37.2. The minimum atomic E-state index is -3.58. The SMILES string of the molecule is CCOC(=O)c1ccc(NC(=O)COc2ccc(S(=O)(=O)NCC(C)C)cc2)cc1. The Morgan fingerprint density at radius 3 is 2.20 bits per heavy atom. The van der Waals surface area contributed by atoms with Crippen molar-refractivity contribution >= 4 is 27.6 Å². The van der Waals surface area contributed by atoms with Crippen molar-refractivity contribution in [2.24, 2.45) is 5.92 Å². The fourth-order valence-electron chi connectivity index (χ4n) is 2.32. The summed E-state index contributed by atoms with van der Waals surface area (Å²) in [5.41, 5.74) is 0.901. The summed E-state index contributed by atoms with van der Waals surface area (Å²) >= 11 is 0. The van der Waals surface area contributed by atoms with Gasteiger partial charge in [-0.15, -0.1) is 0 Å². The summed E-state index contributed by atoms with van der Waals surface area (Å²) in [5.74, 6) is -0.259. The molecule has 0 heterocycles. The number of amides is 1. The van der Waals surface area contributed by atoms with E-state index in [1.165, 1.54) is 24.3 Å². The lowest BCUT2D eigenvalue weighted by atomic mass is 10.2. The standard InChI is InChI=1S/C21H26N2O6S/c1-4-28-21(25)16-5-7-17(8-6-16)23-20(24)14-29-18-9-11-19(12-10-18)30(26,27)22-13-15(2)3/h5-12,15,22H,4,13-14H2,1-3H3,(H,23,24). The highest BCUT2D eigenvalue weighted by Crippen LogP contribution is 2.16. The summed E-state index contributed by atoms with van der Waals surface area (Å²) in [4.78, 5) is 23.8. The molecular weight excluding hydrogens is 408 g/mol. The molecule has 0 saturated heterocycles. The highest BCUT2D eigenvalue weighted by atomic mass is 32.2. The van der Waals surface area contributed by atoms with Crippen LogP contribution in [0.25, 0.3) is 0 Å². The van der Waals surface area contributed by atoms with Crippen LogP contribution in [0.2, 0.25) is 0 Å². The fraction of sp³-hybridized carbons (Fsp3) is 0.333. The van der Waals surface area contributed by atoms with Gasteiger partial charge >= 0.3 is 5.97 Å². The molecule has 0 spiro atoms. The second-order valence-corrected chi connectivity index (χ2v) is 8.62. The predicted molar refractivity (Wildman–Crippen MR) is 113 cm³/mol. The van der Waals surface area contributed by atoms with Gasteiger partial charge in [0.25, 0.3) is 5.91 Å². The molecule has 0 atom stereocenters. The number of carbonyl (C=O) groups excluding carboxylic acids is 2. The Bertz CT molecular complexity index is 954. The molecule has 0 aromatic heterocycles. The Morgan fingerprint density at radius 1 is 1.00 bits per heavy atom. The third-order valence-electron chi connectivity index (χ3n) is 3.87. The molecule has 2 aromatic rings. The Balaban J connectivity index is 1.87. The topological polar surface area (TPSA) is 111 Å². The van der Waals surface area contributed by atoms with E-state index in [1.54, 1.807) is 31.2 Å². The van der Waals surface area contributed by atoms with Crippen molar-refractivity contribution < 1.29 is 27.5 Å². The first kappa shape index (κ1) is 23.4. The maximum atomic E-state index is 12.2. The molecule has 0 aliphatic heterocycles. The third kappa shape index (κ3) is 7.16. The monoisotopic (exact) mass is 434 g/mol. The Morgan fingerprint density at radius 2 is 1.63 bits per heavy atom. The maximum Gasteiger partial charge on any atom is 0.338 e. The molecule has 0 aliphatic carbocycles. The van der Waals surface area contributed by atoms with Gasteiger partial charge in [0.15, 0.2) is 6.61 Å². The van der Waals surface area contributed by atoms with Gasteiger partial charge < -0.3 is 14.8 Å². The zero-order chi connectivity index (χ0) is 22.1. The van der Waals surface area contributed by atoms with Gasteiger partial charge in [0.2, 0.25) is 10.0 Å². The number of hydrogen-bond acceptors (Lipinski definition) is 6. The zero-order valence-corrected chi connectivity index (χ0v) is 18.0. The van der Waals surface area contributed by atoms with Crippen LogP contribution in [-0.4, -0.2) is 40.1 Å². The second-order valence-electron chi connectivity index (χ2n) is 6.85. The summed E-state index contributed by atoms with van der Waals surface area (Å²) in [6.07, 6.45) is 0. The van der Waals surface area contributed by atoms with Crippen LogP contribution in [-0.2, 0) is 19.6 Å². The Labute approximate surface area is 176 Å². The molecule has 8 nitrogen and oxygen atoms in total. The molecular formula is C21H26N2O6S. The van der Waals surface area contributed by atoms with E-state index in [4.69, 9.17) is 9.47 Å². The van der Waals surface area contributed by atoms with Gasteiger partial charge in [0.1, 0.15) is 5.75 Å². The Kier molecular flexibility index (Phi) is 8.37. The van der Waals surface area contributed by atoms with Gasteiger partial charge in [-0.05, 0) is 61.4 Å². The normalized spacial score (nSPS) is 11.2. The van der Waals surface area contributed by atoms with Gasteiger partial charge in [-0.2, -0.15) is 0 Å². The first-order valence-corrected chi connectivity index (χ1v) is 11.0. The molecule has 2 aromatic carbocycles. The van der Waals surface area contributed by atoms with Crippen molar-refractivity contribution in [3.8, 4) is 5.75 Å². The van der Waals surface area contributed by atoms with E-state index in [2.05, 4.69) is 10.0 Å². The number of ether oxygens (including phenoxy) is 2. The predicted octanol–water partition coefficient (Wildman–Crippen LogP) is 2.82. The van der Waals surface area contributed by atoms with E-state index in [0.29, 0.717) is 23.5 Å². The van der Waals surface area contributed by atoms with Crippen LogP contribution < -0.4 is 14.8 Å². The van der Waals surface area contributed by atoms with E-state index >= 15 is 0 Å². The molecule has 0 aliphatic rings. The molecule has 9 heteroatoms. The fourth-order valence-corrected chi connectivity index (χ4v) is 3.54. The van der Waals surface area contributed by atoms with Crippen molar-refractivity contribution in [1.29, 1.82) is 0 Å². The summed E-state index contributed by atoms with van der Waals surface area (Å²) in [5, 5.41) is 2.65. The number of hydrogen-bond donors (Lipinski definition) is 2. The van der Waals surface area contributed by atoms with E-state index < -0.39 is 21.9 Å². The van der Waals surface area contributed by atoms with E-state index in [9.17, 15) is 18.0 Å². The van der Waals surface area contributed by atoms with Crippen molar-refractivity contribution in [2.45, 2.75) is 25.7 Å². The van der Waals surface area contributed by atoms with Crippen LogP contribution in [0, 0.1) is 5.92 Å². The molecule has 0 fully saturated rings. The number of benzene rings is 2. The summed E-state index contributed by atoms with van der Waals surface area (Å²) in [6, 6.07) is 12.1. The van der Waals surface area contributed by atoms with Gasteiger partial charge in [-0.25, -0.2) is 17.9 Å². The molecule has 0 saturated carbocycles. The molecule has 0 radical (unpaired) electrons. The second kappa shape index (κ2) is 10.7. The lowest BCUT2D eigenvalue weighted by Gasteiger charge is -2.10. The number of anilines is 1. The lowest BCUT2D eigenvalue weighted by Crippen LogP contribution is -2.27. The van der Waals surface area contributed by atoms with Gasteiger partial charge in [-0.3, -0.25) is 4.79 Å². The van der Waals surface area contributed by atoms with E-state index in [1.807, 2.05) is 13.8 Å². The highest BCUT2D eigenvalue weighted by molar-refractivity contribution is 7.89. The minimum Gasteiger partial charge on any atom is -0.484 e. The van der Waals surface area contributed by atoms with Crippen LogP contribution >= 0.6 is 0 Å². The van der Waals surface area contributed by atoms with Gasteiger partial charge in [0.05, 0.1) is 17.1 Å². The summed E-state index contributed by atoms with van der Waals surface area (Å²) in [7, 11) is -3.58. The summed E-state index contributed by atoms with van der Waals surface area (Å²) in [6.45, 7) is 5.94. The molecule has 2 rings (SSSR count). The number of rotatable bonds is 10. The van der Waals surface area contributed by atoms with Crippen LogP contribution in [0.3, 0.4) is 0 Å². The first-order chi connectivity index (χ1) is 14.2.